The lowest BCUT2D eigenvalue weighted by atomic mass is 10.2. The summed E-state index contributed by atoms with van der Waals surface area (Å²) < 4.78 is 0. The SMILES string of the molecule is CCCNc1ccc2[nH]ncc2c1. The van der Waals surface area contributed by atoms with Crippen molar-refractivity contribution in [3.8, 4) is 0 Å². The van der Waals surface area contributed by atoms with Crippen molar-refractivity contribution in [3.63, 3.8) is 0 Å². The molecule has 0 atom stereocenters. The van der Waals surface area contributed by atoms with Crippen molar-refractivity contribution < 1.29 is 0 Å². The highest BCUT2D eigenvalue weighted by Crippen LogP contribution is 2.16. The first-order valence-corrected chi connectivity index (χ1v) is 4.57. The molecule has 13 heavy (non-hydrogen) atoms. The number of hydrogen-bond acceptors (Lipinski definition) is 2. The first-order chi connectivity index (χ1) is 6.40. The van der Waals surface area contributed by atoms with Crippen LogP contribution in [0.4, 0.5) is 5.69 Å². The van der Waals surface area contributed by atoms with E-state index in [1.807, 2.05) is 12.3 Å². The molecule has 0 saturated carbocycles. The molecule has 0 unspecified atom stereocenters. The Morgan fingerprint density at radius 3 is 3.23 bits per heavy atom. The second kappa shape index (κ2) is 3.47. The average molecular weight is 175 g/mol. The molecule has 0 spiro atoms. The molecule has 1 aromatic carbocycles. The summed E-state index contributed by atoms with van der Waals surface area (Å²) in [5.74, 6) is 0. The summed E-state index contributed by atoms with van der Waals surface area (Å²) in [6.45, 7) is 3.17. The van der Waals surface area contributed by atoms with Gasteiger partial charge in [-0.1, -0.05) is 6.92 Å². The highest BCUT2D eigenvalue weighted by molar-refractivity contribution is 5.81. The van der Waals surface area contributed by atoms with Gasteiger partial charge in [0.15, 0.2) is 0 Å². The molecule has 1 aromatic heterocycles. The lowest BCUT2D eigenvalue weighted by Gasteiger charge is -2.03. The summed E-state index contributed by atoms with van der Waals surface area (Å²) in [6.07, 6.45) is 2.98. The molecule has 3 nitrogen and oxygen atoms in total. The predicted molar refractivity (Wildman–Crippen MR) is 54.9 cm³/mol. The number of aromatic nitrogens is 2. The Morgan fingerprint density at radius 2 is 2.38 bits per heavy atom. The Balaban J connectivity index is 2.26. The van der Waals surface area contributed by atoms with Crippen LogP contribution < -0.4 is 5.32 Å². The molecule has 0 amide bonds. The molecule has 2 rings (SSSR count). The minimum Gasteiger partial charge on any atom is -0.385 e. The van der Waals surface area contributed by atoms with Gasteiger partial charge >= 0.3 is 0 Å². The quantitative estimate of drug-likeness (QED) is 0.752. The molecular formula is C10H13N3. The van der Waals surface area contributed by atoms with Crippen molar-refractivity contribution in [3.05, 3.63) is 24.4 Å². The third kappa shape index (κ3) is 1.64. The van der Waals surface area contributed by atoms with Gasteiger partial charge in [-0.25, -0.2) is 0 Å². The molecule has 0 aliphatic heterocycles. The fourth-order valence-corrected chi connectivity index (χ4v) is 1.32. The Morgan fingerprint density at radius 1 is 1.46 bits per heavy atom. The molecule has 0 aliphatic carbocycles. The molecule has 0 fully saturated rings. The molecule has 2 N–H and O–H groups in total. The van der Waals surface area contributed by atoms with Crippen LogP contribution in [0.3, 0.4) is 0 Å². The van der Waals surface area contributed by atoms with E-state index in [2.05, 4.69) is 34.6 Å². The standard InChI is InChI=1S/C10H13N3/c1-2-5-11-9-3-4-10-8(6-9)7-12-13-10/h3-4,6-7,11H,2,5H2,1H3,(H,12,13). The predicted octanol–water partition coefficient (Wildman–Crippen LogP) is 2.38. The van der Waals surface area contributed by atoms with E-state index in [-0.39, 0.29) is 0 Å². The van der Waals surface area contributed by atoms with Crippen LogP contribution in [0.1, 0.15) is 13.3 Å². The van der Waals surface area contributed by atoms with Crippen molar-refractivity contribution >= 4 is 16.6 Å². The molecule has 0 bridgehead atoms. The second-order valence-electron chi connectivity index (χ2n) is 3.10. The zero-order valence-corrected chi connectivity index (χ0v) is 7.67. The van der Waals surface area contributed by atoms with Crippen LogP contribution in [0.25, 0.3) is 10.9 Å². The van der Waals surface area contributed by atoms with E-state index in [4.69, 9.17) is 0 Å². The van der Waals surface area contributed by atoms with Gasteiger partial charge in [0.2, 0.25) is 0 Å². The van der Waals surface area contributed by atoms with Crippen LogP contribution in [0, 0.1) is 0 Å². The Kier molecular flexibility index (Phi) is 2.17. The Hall–Kier alpha value is -1.51. The smallest absolute Gasteiger partial charge is 0.0651 e. The summed E-state index contributed by atoms with van der Waals surface area (Å²) >= 11 is 0. The van der Waals surface area contributed by atoms with Crippen LogP contribution in [0.2, 0.25) is 0 Å². The normalized spacial score (nSPS) is 10.5. The summed E-state index contributed by atoms with van der Waals surface area (Å²) in [5, 5.41) is 11.4. The van der Waals surface area contributed by atoms with E-state index in [1.54, 1.807) is 0 Å². The maximum atomic E-state index is 3.97. The van der Waals surface area contributed by atoms with Crippen molar-refractivity contribution in [2.45, 2.75) is 13.3 Å². The van der Waals surface area contributed by atoms with Crippen LogP contribution >= 0.6 is 0 Å². The number of rotatable bonds is 3. The van der Waals surface area contributed by atoms with Gasteiger partial charge < -0.3 is 5.32 Å². The Labute approximate surface area is 77.2 Å². The minimum absolute atomic E-state index is 1.02. The van der Waals surface area contributed by atoms with Gasteiger partial charge in [-0.3, -0.25) is 5.10 Å². The Bertz CT molecular complexity index is 392. The maximum Gasteiger partial charge on any atom is 0.0651 e. The summed E-state index contributed by atoms with van der Waals surface area (Å²) in [6, 6.07) is 6.21. The monoisotopic (exact) mass is 175 g/mol. The van der Waals surface area contributed by atoms with Crippen LogP contribution in [0.15, 0.2) is 24.4 Å². The molecule has 1 heterocycles. The maximum absolute atomic E-state index is 3.97. The minimum atomic E-state index is 1.02. The van der Waals surface area contributed by atoms with Gasteiger partial charge in [0, 0.05) is 17.6 Å². The molecule has 2 aromatic rings. The zero-order valence-electron chi connectivity index (χ0n) is 7.67. The molecule has 0 saturated heterocycles. The number of benzene rings is 1. The van der Waals surface area contributed by atoms with Crippen LogP contribution in [0.5, 0.6) is 0 Å². The van der Waals surface area contributed by atoms with Crippen LogP contribution in [-0.4, -0.2) is 16.7 Å². The van der Waals surface area contributed by atoms with Gasteiger partial charge in [-0.2, -0.15) is 5.10 Å². The van der Waals surface area contributed by atoms with E-state index in [0.717, 1.165) is 29.6 Å². The van der Waals surface area contributed by atoms with E-state index in [9.17, 15) is 0 Å². The summed E-state index contributed by atoms with van der Waals surface area (Å²) in [4.78, 5) is 0. The molecule has 3 heteroatoms. The van der Waals surface area contributed by atoms with Gasteiger partial charge in [-0.15, -0.1) is 0 Å². The lowest BCUT2D eigenvalue weighted by molar-refractivity contribution is 0.980. The fourth-order valence-electron chi connectivity index (χ4n) is 1.32. The van der Waals surface area contributed by atoms with Gasteiger partial charge in [-0.05, 0) is 24.6 Å². The zero-order chi connectivity index (χ0) is 9.10. The van der Waals surface area contributed by atoms with Crippen molar-refractivity contribution in [1.82, 2.24) is 10.2 Å². The number of hydrogen-bond donors (Lipinski definition) is 2. The number of anilines is 1. The lowest BCUT2D eigenvalue weighted by Crippen LogP contribution is -1.98. The van der Waals surface area contributed by atoms with Crippen molar-refractivity contribution in [2.75, 3.05) is 11.9 Å². The highest BCUT2D eigenvalue weighted by atomic mass is 15.1. The highest BCUT2D eigenvalue weighted by Gasteiger charge is 1.96. The van der Waals surface area contributed by atoms with E-state index in [0.29, 0.717) is 0 Å². The summed E-state index contributed by atoms with van der Waals surface area (Å²) in [7, 11) is 0. The van der Waals surface area contributed by atoms with E-state index >= 15 is 0 Å². The number of nitrogens with one attached hydrogen (secondary N) is 2. The number of H-pyrrole nitrogens is 1. The molecule has 0 radical (unpaired) electrons. The third-order valence-corrected chi connectivity index (χ3v) is 2.02. The number of aromatic amines is 1. The number of nitrogens with zero attached hydrogens (tertiary/aromatic N) is 1. The molecular weight excluding hydrogens is 162 g/mol. The average Bonchev–Trinajstić information content (AvgIpc) is 2.61. The van der Waals surface area contributed by atoms with Gasteiger partial charge in [0.1, 0.15) is 0 Å². The van der Waals surface area contributed by atoms with Crippen molar-refractivity contribution in [2.24, 2.45) is 0 Å². The second-order valence-corrected chi connectivity index (χ2v) is 3.10. The van der Waals surface area contributed by atoms with Crippen molar-refractivity contribution in [1.29, 1.82) is 0 Å². The first kappa shape index (κ1) is 8.10. The van der Waals surface area contributed by atoms with E-state index in [1.165, 1.54) is 0 Å². The summed E-state index contributed by atoms with van der Waals surface area (Å²) in [5.41, 5.74) is 2.25. The molecule has 68 valence electrons. The third-order valence-electron chi connectivity index (χ3n) is 2.02. The van der Waals surface area contributed by atoms with Gasteiger partial charge in [0.05, 0.1) is 11.7 Å². The molecule has 0 aliphatic rings. The fraction of sp³-hybridized carbons (Fsp3) is 0.300. The van der Waals surface area contributed by atoms with E-state index < -0.39 is 0 Å². The van der Waals surface area contributed by atoms with Gasteiger partial charge in [0.25, 0.3) is 0 Å². The topological polar surface area (TPSA) is 40.7 Å². The number of fused-ring (bicyclic) bond motifs is 1. The van der Waals surface area contributed by atoms with Crippen LogP contribution in [-0.2, 0) is 0 Å². The largest absolute Gasteiger partial charge is 0.385 e. The first-order valence-electron chi connectivity index (χ1n) is 4.57.